The largest absolute Gasteiger partial charge is 0.455 e. The summed E-state index contributed by atoms with van der Waals surface area (Å²) < 4.78 is 6.30. The van der Waals surface area contributed by atoms with Gasteiger partial charge < -0.3 is 4.42 Å². The summed E-state index contributed by atoms with van der Waals surface area (Å²) in [5.74, 6) is 0. The summed E-state index contributed by atoms with van der Waals surface area (Å²) in [6.45, 7) is 2.04. The third kappa shape index (κ3) is 1.85. The summed E-state index contributed by atoms with van der Waals surface area (Å²) in [6, 6.07) is 16.6. The maximum absolute atomic E-state index is 6.30. The van der Waals surface area contributed by atoms with E-state index in [2.05, 4.69) is 46.4 Å². The Labute approximate surface area is 138 Å². The minimum Gasteiger partial charge on any atom is -0.455 e. The monoisotopic (exact) mass is 310 g/mol. The van der Waals surface area contributed by atoms with Crippen molar-refractivity contribution in [2.24, 2.45) is 0 Å². The van der Waals surface area contributed by atoms with Crippen LogP contribution in [0.25, 0.3) is 44.0 Å². The quantitative estimate of drug-likeness (QED) is 0.410. The average molecular weight is 310 g/mol. The van der Waals surface area contributed by atoms with Gasteiger partial charge in [-0.25, -0.2) is 0 Å². The molecule has 3 nitrogen and oxygen atoms in total. The van der Waals surface area contributed by atoms with Crippen molar-refractivity contribution in [3.05, 3.63) is 72.7 Å². The van der Waals surface area contributed by atoms with Crippen molar-refractivity contribution in [1.29, 1.82) is 0 Å². The van der Waals surface area contributed by atoms with Crippen molar-refractivity contribution in [3.63, 3.8) is 0 Å². The van der Waals surface area contributed by atoms with Crippen LogP contribution < -0.4 is 0 Å². The van der Waals surface area contributed by atoms with Crippen LogP contribution in [0.5, 0.6) is 0 Å². The van der Waals surface area contributed by atoms with Gasteiger partial charge in [0.1, 0.15) is 11.2 Å². The number of fused-ring (bicyclic) bond motifs is 5. The van der Waals surface area contributed by atoms with Crippen LogP contribution in [0, 0.1) is 6.92 Å². The van der Waals surface area contributed by atoms with Crippen LogP contribution in [-0.2, 0) is 0 Å². The molecule has 2 aromatic carbocycles. The van der Waals surface area contributed by atoms with E-state index >= 15 is 0 Å². The molecule has 3 aromatic heterocycles. The number of furan rings is 1. The number of hydrogen-bond donors (Lipinski definition) is 0. The first-order valence-electron chi connectivity index (χ1n) is 7.92. The third-order valence-electron chi connectivity index (χ3n) is 4.47. The minimum absolute atomic E-state index is 0.875. The molecule has 0 N–H and O–H groups in total. The lowest BCUT2D eigenvalue weighted by atomic mass is 10.0. The van der Waals surface area contributed by atoms with Crippen molar-refractivity contribution < 1.29 is 4.42 Å². The second kappa shape index (κ2) is 4.90. The van der Waals surface area contributed by atoms with E-state index in [9.17, 15) is 0 Å². The van der Waals surface area contributed by atoms with E-state index in [1.165, 1.54) is 0 Å². The molecule has 0 bridgehead atoms. The zero-order valence-electron chi connectivity index (χ0n) is 13.2. The Bertz CT molecular complexity index is 1200. The topological polar surface area (TPSA) is 38.9 Å². The fraction of sp³-hybridized carbons (Fsp3) is 0.0476. The van der Waals surface area contributed by atoms with Gasteiger partial charge in [-0.1, -0.05) is 24.3 Å². The summed E-state index contributed by atoms with van der Waals surface area (Å²) in [7, 11) is 0. The van der Waals surface area contributed by atoms with Gasteiger partial charge in [-0.3, -0.25) is 9.97 Å². The van der Waals surface area contributed by atoms with E-state index in [0.717, 1.165) is 49.5 Å². The minimum atomic E-state index is 0.875. The maximum Gasteiger partial charge on any atom is 0.144 e. The molecule has 5 rings (SSSR count). The molecule has 0 fully saturated rings. The number of benzene rings is 2. The van der Waals surface area contributed by atoms with Crippen LogP contribution in [0.2, 0.25) is 0 Å². The average Bonchev–Trinajstić information content (AvgIpc) is 3.02. The zero-order chi connectivity index (χ0) is 16.1. The molecule has 3 heterocycles. The van der Waals surface area contributed by atoms with Crippen LogP contribution in [0.3, 0.4) is 0 Å². The summed E-state index contributed by atoms with van der Waals surface area (Å²) in [4.78, 5) is 8.81. The summed E-state index contributed by atoms with van der Waals surface area (Å²) in [5.41, 5.74) is 4.84. The van der Waals surface area contributed by atoms with E-state index in [1.807, 2.05) is 31.5 Å². The first-order chi connectivity index (χ1) is 11.8. The Morgan fingerprint density at radius 2 is 1.71 bits per heavy atom. The molecule has 5 aromatic rings. The van der Waals surface area contributed by atoms with Gasteiger partial charge in [0.15, 0.2) is 0 Å². The van der Waals surface area contributed by atoms with Gasteiger partial charge in [-0.2, -0.15) is 0 Å². The highest BCUT2D eigenvalue weighted by molar-refractivity contribution is 6.16. The molecule has 0 radical (unpaired) electrons. The molecular formula is C21H14N2O. The molecule has 0 amide bonds. The molecule has 0 atom stereocenters. The molecule has 0 aliphatic heterocycles. The Balaban J connectivity index is 1.90. The van der Waals surface area contributed by atoms with Crippen molar-refractivity contribution in [1.82, 2.24) is 9.97 Å². The highest BCUT2D eigenvalue weighted by Crippen LogP contribution is 2.37. The van der Waals surface area contributed by atoms with E-state index in [-0.39, 0.29) is 0 Å². The SMILES string of the molecule is Cc1ccc(-c2cccc3c2oc2c4cnccc4ccc32)nc1. The van der Waals surface area contributed by atoms with Gasteiger partial charge in [-0.15, -0.1) is 0 Å². The predicted octanol–water partition coefficient (Wildman–Crippen LogP) is 5.50. The number of para-hydroxylation sites is 1. The number of aryl methyl sites for hydroxylation is 1. The van der Waals surface area contributed by atoms with E-state index in [0.29, 0.717) is 0 Å². The van der Waals surface area contributed by atoms with Gasteiger partial charge in [-0.05, 0) is 42.1 Å². The van der Waals surface area contributed by atoms with E-state index < -0.39 is 0 Å². The van der Waals surface area contributed by atoms with Crippen molar-refractivity contribution in [2.75, 3.05) is 0 Å². The van der Waals surface area contributed by atoms with Gasteiger partial charge >= 0.3 is 0 Å². The summed E-state index contributed by atoms with van der Waals surface area (Å²) >= 11 is 0. The summed E-state index contributed by atoms with van der Waals surface area (Å²) in [5, 5.41) is 4.38. The molecule has 0 saturated heterocycles. The van der Waals surface area contributed by atoms with E-state index in [4.69, 9.17) is 4.42 Å². The van der Waals surface area contributed by atoms with Gasteiger partial charge in [0.2, 0.25) is 0 Å². The highest BCUT2D eigenvalue weighted by Gasteiger charge is 2.14. The number of hydrogen-bond acceptors (Lipinski definition) is 3. The van der Waals surface area contributed by atoms with Crippen LogP contribution >= 0.6 is 0 Å². The van der Waals surface area contributed by atoms with Crippen LogP contribution in [0.4, 0.5) is 0 Å². The summed E-state index contributed by atoms with van der Waals surface area (Å²) in [6.07, 6.45) is 5.55. The Morgan fingerprint density at radius 1 is 0.792 bits per heavy atom. The number of rotatable bonds is 1. The molecule has 3 heteroatoms. The lowest BCUT2D eigenvalue weighted by Gasteiger charge is -2.02. The molecule has 0 aliphatic carbocycles. The fourth-order valence-corrected chi connectivity index (χ4v) is 3.25. The molecule has 24 heavy (non-hydrogen) atoms. The molecular weight excluding hydrogens is 296 g/mol. The molecule has 0 aliphatic rings. The molecule has 0 unspecified atom stereocenters. The highest BCUT2D eigenvalue weighted by atomic mass is 16.3. The van der Waals surface area contributed by atoms with Crippen LogP contribution in [0.15, 0.2) is 71.5 Å². The zero-order valence-corrected chi connectivity index (χ0v) is 13.2. The fourth-order valence-electron chi connectivity index (χ4n) is 3.25. The van der Waals surface area contributed by atoms with Crippen LogP contribution in [0.1, 0.15) is 5.56 Å². The van der Waals surface area contributed by atoms with Crippen molar-refractivity contribution in [3.8, 4) is 11.3 Å². The lowest BCUT2D eigenvalue weighted by molar-refractivity contribution is 0.673. The maximum atomic E-state index is 6.30. The van der Waals surface area contributed by atoms with E-state index in [1.54, 1.807) is 6.20 Å². The third-order valence-corrected chi connectivity index (χ3v) is 4.47. The van der Waals surface area contributed by atoms with Gasteiger partial charge in [0, 0.05) is 40.3 Å². The molecule has 0 saturated carbocycles. The molecule has 114 valence electrons. The number of nitrogens with zero attached hydrogens (tertiary/aromatic N) is 2. The first-order valence-corrected chi connectivity index (χ1v) is 7.92. The van der Waals surface area contributed by atoms with Crippen LogP contribution in [-0.4, -0.2) is 9.97 Å². The standard InChI is InChI=1S/C21H14N2O/c1-13-5-8-19(23-11-13)17-4-2-3-15-16-7-6-14-9-10-22-12-18(14)21(16)24-20(15)17/h2-12H,1H3. The number of pyridine rings is 2. The lowest BCUT2D eigenvalue weighted by Crippen LogP contribution is -1.84. The van der Waals surface area contributed by atoms with Gasteiger partial charge in [0.25, 0.3) is 0 Å². The second-order valence-electron chi connectivity index (χ2n) is 6.04. The Morgan fingerprint density at radius 3 is 2.58 bits per heavy atom. The Hall–Kier alpha value is -3.20. The second-order valence-corrected chi connectivity index (χ2v) is 6.04. The first kappa shape index (κ1) is 13.3. The van der Waals surface area contributed by atoms with Gasteiger partial charge in [0.05, 0.1) is 5.69 Å². The van der Waals surface area contributed by atoms with Crippen molar-refractivity contribution in [2.45, 2.75) is 6.92 Å². The smallest absolute Gasteiger partial charge is 0.144 e. The Kier molecular flexibility index (Phi) is 2.71. The van der Waals surface area contributed by atoms with Crippen molar-refractivity contribution >= 4 is 32.7 Å². The normalized spacial score (nSPS) is 11.5. The molecule has 0 spiro atoms. The predicted molar refractivity (Wildman–Crippen MR) is 97.0 cm³/mol. The number of aromatic nitrogens is 2.